The van der Waals surface area contributed by atoms with Gasteiger partial charge in [-0.25, -0.2) is 0 Å². The van der Waals surface area contributed by atoms with Crippen LogP contribution in [0.1, 0.15) is 5.01 Å². The molecule has 0 aliphatic rings. The first-order valence-corrected chi connectivity index (χ1v) is 6.22. The van der Waals surface area contributed by atoms with E-state index in [1.54, 1.807) is 6.07 Å². The smallest absolute Gasteiger partial charge is 0.273 e. The minimum Gasteiger partial charge on any atom is -0.496 e. The Hall–Kier alpha value is -1.73. The maximum atomic E-state index is 10.7. The molecule has 94 valence electrons. The number of methoxy groups -OCH3 is 1. The number of hydrogen-bond acceptors (Lipinski definition) is 6. The lowest BCUT2D eigenvalue weighted by molar-refractivity contribution is -0.384. The Balaban J connectivity index is 2.47. The van der Waals surface area contributed by atoms with Crippen molar-refractivity contribution in [2.75, 3.05) is 7.11 Å². The quantitative estimate of drug-likeness (QED) is 0.490. The largest absolute Gasteiger partial charge is 0.496 e. The van der Waals surface area contributed by atoms with Crippen molar-refractivity contribution in [3.63, 3.8) is 0 Å². The number of benzene rings is 1. The van der Waals surface area contributed by atoms with E-state index in [2.05, 4.69) is 10.2 Å². The van der Waals surface area contributed by atoms with Crippen molar-refractivity contribution in [1.82, 2.24) is 10.2 Å². The topological polar surface area (TPSA) is 78.2 Å². The van der Waals surface area contributed by atoms with Crippen molar-refractivity contribution in [1.29, 1.82) is 0 Å². The third-order valence-electron chi connectivity index (χ3n) is 2.21. The van der Waals surface area contributed by atoms with Crippen molar-refractivity contribution in [2.45, 2.75) is 5.88 Å². The fourth-order valence-electron chi connectivity index (χ4n) is 1.39. The van der Waals surface area contributed by atoms with Gasteiger partial charge in [0.1, 0.15) is 10.8 Å². The predicted octanol–water partition coefficient (Wildman–Crippen LogP) is 2.86. The molecular weight excluding hydrogens is 278 g/mol. The van der Waals surface area contributed by atoms with Crippen molar-refractivity contribution in [3.8, 4) is 16.3 Å². The van der Waals surface area contributed by atoms with Gasteiger partial charge in [0.2, 0.25) is 0 Å². The second-order valence-electron chi connectivity index (χ2n) is 3.28. The Morgan fingerprint density at radius 1 is 1.50 bits per heavy atom. The predicted molar refractivity (Wildman–Crippen MR) is 68.1 cm³/mol. The van der Waals surface area contributed by atoms with Crippen LogP contribution in [-0.2, 0) is 5.88 Å². The van der Waals surface area contributed by atoms with Gasteiger partial charge in [-0.2, -0.15) is 0 Å². The third-order valence-corrected chi connectivity index (χ3v) is 3.58. The van der Waals surface area contributed by atoms with Gasteiger partial charge in [-0.05, 0) is 6.07 Å². The Labute approximate surface area is 111 Å². The number of hydrogen-bond donors (Lipinski definition) is 0. The van der Waals surface area contributed by atoms with Crippen LogP contribution in [0.4, 0.5) is 5.69 Å². The number of alkyl halides is 1. The van der Waals surface area contributed by atoms with E-state index in [9.17, 15) is 10.1 Å². The summed E-state index contributed by atoms with van der Waals surface area (Å²) in [6, 6.07) is 4.35. The van der Waals surface area contributed by atoms with E-state index < -0.39 is 4.92 Å². The van der Waals surface area contributed by atoms with Crippen LogP contribution in [0.15, 0.2) is 18.2 Å². The van der Waals surface area contributed by atoms with E-state index in [1.807, 2.05) is 0 Å². The van der Waals surface area contributed by atoms with Gasteiger partial charge >= 0.3 is 0 Å². The van der Waals surface area contributed by atoms with Crippen molar-refractivity contribution in [3.05, 3.63) is 33.3 Å². The highest BCUT2D eigenvalue weighted by atomic mass is 35.5. The molecule has 2 rings (SSSR count). The van der Waals surface area contributed by atoms with Crippen LogP contribution in [0, 0.1) is 10.1 Å². The molecule has 0 fully saturated rings. The summed E-state index contributed by atoms with van der Waals surface area (Å²) >= 11 is 6.98. The molecule has 0 saturated carbocycles. The number of nitro benzene ring substituents is 1. The number of ether oxygens (including phenoxy) is 1. The number of non-ortho nitro benzene ring substituents is 1. The number of nitrogens with zero attached hydrogens (tertiary/aromatic N) is 3. The Morgan fingerprint density at radius 3 is 2.83 bits per heavy atom. The minimum absolute atomic E-state index is 0.0299. The molecule has 0 spiro atoms. The number of nitro groups is 1. The average molecular weight is 286 g/mol. The molecule has 1 aromatic carbocycles. The second-order valence-corrected chi connectivity index (χ2v) is 4.61. The zero-order valence-electron chi connectivity index (χ0n) is 9.29. The summed E-state index contributed by atoms with van der Waals surface area (Å²) in [6.07, 6.45) is 0. The van der Waals surface area contributed by atoms with Gasteiger partial charge in [-0.1, -0.05) is 11.3 Å². The minimum atomic E-state index is -0.476. The first-order chi connectivity index (χ1) is 8.65. The molecular formula is C10H8ClN3O3S. The lowest BCUT2D eigenvalue weighted by atomic mass is 10.2. The molecule has 1 heterocycles. The highest BCUT2D eigenvalue weighted by Gasteiger charge is 2.15. The van der Waals surface area contributed by atoms with E-state index >= 15 is 0 Å². The molecule has 0 amide bonds. The maximum Gasteiger partial charge on any atom is 0.273 e. The van der Waals surface area contributed by atoms with E-state index in [1.165, 1.54) is 30.6 Å². The first-order valence-electron chi connectivity index (χ1n) is 4.87. The van der Waals surface area contributed by atoms with Crippen LogP contribution in [0.5, 0.6) is 5.75 Å². The third kappa shape index (κ3) is 2.41. The van der Waals surface area contributed by atoms with Gasteiger partial charge in [-0.3, -0.25) is 10.1 Å². The Kier molecular flexibility index (Phi) is 3.73. The highest BCUT2D eigenvalue weighted by Crippen LogP contribution is 2.34. The second kappa shape index (κ2) is 5.28. The van der Waals surface area contributed by atoms with Gasteiger partial charge in [0.25, 0.3) is 5.69 Å². The highest BCUT2D eigenvalue weighted by molar-refractivity contribution is 7.14. The molecule has 0 saturated heterocycles. The zero-order valence-corrected chi connectivity index (χ0v) is 10.9. The zero-order chi connectivity index (χ0) is 13.1. The summed E-state index contributed by atoms with van der Waals surface area (Å²) < 4.78 is 5.13. The van der Waals surface area contributed by atoms with E-state index in [0.717, 1.165) is 0 Å². The lowest BCUT2D eigenvalue weighted by Crippen LogP contribution is -1.92. The standard InChI is InChI=1S/C10H8ClN3O3S/c1-17-8-4-6(14(15)16)2-3-7(8)10-13-12-9(5-11)18-10/h2-4H,5H2,1H3. The van der Waals surface area contributed by atoms with Crippen molar-refractivity contribution >= 4 is 28.6 Å². The SMILES string of the molecule is COc1cc([N+](=O)[O-])ccc1-c1nnc(CCl)s1. The van der Waals surface area contributed by atoms with Gasteiger partial charge in [0.05, 0.1) is 29.5 Å². The van der Waals surface area contributed by atoms with Gasteiger partial charge < -0.3 is 4.74 Å². The van der Waals surface area contributed by atoms with Crippen LogP contribution >= 0.6 is 22.9 Å². The molecule has 2 aromatic rings. The molecule has 0 aliphatic carbocycles. The van der Waals surface area contributed by atoms with Gasteiger partial charge in [-0.15, -0.1) is 21.8 Å². The number of aromatic nitrogens is 2. The lowest BCUT2D eigenvalue weighted by Gasteiger charge is -2.04. The summed E-state index contributed by atoms with van der Waals surface area (Å²) in [7, 11) is 1.45. The van der Waals surface area contributed by atoms with Crippen LogP contribution in [-0.4, -0.2) is 22.2 Å². The monoisotopic (exact) mass is 285 g/mol. The van der Waals surface area contributed by atoms with E-state index in [0.29, 0.717) is 21.3 Å². The van der Waals surface area contributed by atoms with Crippen molar-refractivity contribution in [2.24, 2.45) is 0 Å². The molecule has 0 atom stereocenters. The summed E-state index contributed by atoms with van der Waals surface area (Å²) in [6.45, 7) is 0. The first kappa shape index (κ1) is 12.7. The summed E-state index contributed by atoms with van der Waals surface area (Å²) in [5.74, 6) is 0.675. The fraction of sp³-hybridized carbons (Fsp3) is 0.200. The molecule has 0 radical (unpaired) electrons. The molecule has 0 N–H and O–H groups in total. The van der Waals surface area contributed by atoms with Gasteiger partial charge in [0.15, 0.2) is 5.01 Å². The molecule has 1 aromatic heterocycles. The summed E-state index contributed by atoms with van der Waals surface area (Å²) in [5, 5.41) is 19.8. The number of halogens is 1. The average Bonchev–Trinajstić information content (AvgIpc) is 2.86. The molecule has 0 unspecified atom stereocenters. The molecule has 0 aliphatic heterocycles. The maximum absolute atomic E-state index is 10.7. The van der Waals surface area contributed by atoms with E-state index in [4.69, 9.17) is 16.3 Å². The summed E-state index contributed by atoms with van der Waals surface area (Å²) in [4.78, 5) is 10.2. The molecule has 6 nitrogen and oxygen atoms in total. The van der Waals surface area contributed by atoms with Crippen LogP contribution in [0.3, 0.4) is 0 Å². The van der Waals surface area contributed by atoms with Crippen LogP contribution in [0.25, 0.3) is 10.6 Å². The Bertz CT molecular complexity index is 587. The van der Waals surface area contributed by atoms with Crippen LogP contribution < -0.4 is 4.74 Å². The fourth-order valence-corrected chi connectivity index (χ4v) is 2.32. The van der Waals surface area contributed by atoms with Crippen LogP contribution in [0.2, 0.25) is 0 Å². The normalized spacial score (nSPS) is 10.3. The van der Waals surface area contributed by atoms with E-state index in [-0.39, 0.29) is 11.6 Å². The molecule has 0 bridgehead atoms. The summed E-state index contributed by atoms with van der Waals surface area (Å²) in [5.41, 5.74) is 0.634. The molecule has 8 heteroatoms. The molecule has 18 heavy (non-hydrogen) atoms. The Morgan fingerprint density at radius 2 is 2.28 bits per heavy atom. The van der Waals surface area contributed by atoms with Gasteiger partial charge in [0, 0.05) is 6.07 Å². The van der Waals surface area contributed by atoms with Crippen molar-refractivity contribution < 1.29 is 9.66 Å². The number of rotatable bonds is 4.